The Balaban J connectivity index is 1.89. The number of hydrogen-bond acceptors (Lipinski definition) is 5. The molecule has 0 saturated carbocycles. The number of benzene rings is 1. The highest BCUT2D eigenvalue weighted by Gasteiger charge is 2.18. The first-order valence-electron chi connectivity index (χ1n) is 6.20. The largest absolute Gasteiger partial charge is 0.451 e. The number of pyridine rings is 1. The zero-order valence-corrected chi connectivity index (χ0v) is 11.6. The molecule has 100 valence electrons. The predicted molar refractivity (Wildman–Crippen MR) is 77.7 cm³/mol. The Labute approximate surface area is 120 Å². The van der Waals surface area contributed by atoms with Gasteiger partial charge in [0.1, 0.15) is 5.01 Å². The third-order valence-electron chi connectivity index (χ3n) is 2.95. The quantitative estimate of drug-likeness (QED) is 0.689. The minimum atomic E-state index is -0.426. The van der Waals surface area contributed by atoms with Gasteiger partial charge in [0.25, 0.3) is 0 Å². The molecule has 0 radical (unpaired) electrons. The maximum atomic E-state index is 12.3. The molecule has 0 fully saturated rings. The van der Waals surface area contributed by atoms with Gasteiger partial charge in [-0.25, -0.2) is 14.8 Å². The van der Waals surface area contributed by atoms with Crippen LogP contribution in [-0.2, 0) is 4.74 Å². The van der Waals surface area contributed by atoms with E-state index in [2.05, 4.69) is 9.97 Å². The summed E-state index contributed by atoms with van der Waals surface area (Å²) >= 11 is 1.46. The van der Waals surface area contributed by atoms with E-state index in [1.165, 1.54) is 11.3 Å². The molecule has 0 amide bonds. The van der Waals surface area contributed by atoms with E-state index in [1.807, 2.05) is 42.6 Å². The summed E-state index contributed by atoms with van der Waals surface area (Å²) in [5.41, 5.74) is 0.339. The van der Waals surface area contributed by atoms with Crippen LogP contribution in [0.5, 0.6) is 0 Å². The lowest BCUT2D eigenvalue weighted by molar-refractivity contribution is 0.0333. The first-order valence-corrected chi connectivity index (χ1v) is 7.08. The topological polar surface area (TPSA) is 52.1 Å². The van der Waals surface area contributed by atoms with Crippen LogP contribution in [0.2, 0.25) is 0 Å². The molecule has 0 aliphatic heterocycles. The van der Waals surface area contributed by atoms with Crippen molar-refractivity contribution in [1.29, 1.82) is 0 Å². The fourth-order valence-electron chi connectivity index (χ4n) is 1.98. The summed E-state index contributed by atoms with van der Waals surface area (Å²) in [5.74, 6) is -0.426. The summed E-state index contributed by atoms with van der Waals surface area (Å²) in [4.78, 5) is 20.6. The van der Waals surface area contributed by atoms with Gasteiger partial charge in [0.2, 0.25) is 0 Å². The van der Waals surface area contributed by atoms with Crippen LogP contribution in [0.4, 0.5) is 0 Å². The van der Waals surface area contributed by atoms with Crippen molar-refractivity contribution in [3.8, 4) is 0 Å². The second-order valence-corrected chi connectivity index (χ2v) is 5.22. The molecule has 0 N–H and O–H groups in total. The normalized spacial score (nSPS) is 12.2. The summed E-state index contributed by atoms with van der Waals surface area (Å²) in [6, 6.07) is 9.49. The molecule has 0 bridgehead atoms. The van der Waals surface area contributed by atoms with Gasteiger partial charge in [0, 0.05) is 23.2 Å². The molecule has 4 nitrogen and oxygen atoms in total. The van der Waals surface area contributed by atoms with Gasteiger partial charge in [-0.1, -0.05) is 24.3 Å². The maximum absolute atomic E-state index is 12.3. The number of ether oxygens (including phenoxy) is 1. The highest BCUT2D eigenvalue weighted by atomic mass is 32.1. The van der Waals surface area contributed by atoms with Gasteiger partial charge in [-0.3, -0.25) is 0 Å². The van der Waals surface area contributed by atoms with Gasteiger partial charge in [0.05, 0.1) is 0 Å². The molecule has 0 saturated heterocycles. The number of esters is 1. The molecule has 2 aromatic heterocycles. The Morgan fingerprint density at radius 2 is 2.05 bits per heavy atom. The fraction of sp³-hybridized carbons (Fsp3) is 0.133. The first kappa shape index (κ1) is 12.7. The number of thiazole rings is 1. The standard InChI is InChI=1S/C15H12N2O2S/c1-10(14-17-8-9-20-14)19-15(18)13-12-5-3-2-4-11(12)6-7-16-13/h2-10H,1H3/t10-/m0/s1. The van der Waals surface area contributed by atoms with Crippen LogP contribution in [0, 0.1) is 0 Å². The van der Waals surface area contributed by atoms with Crippen molar-refractivity contribution in [3.05, 3.63) is 58.8 Å². The van der Waals surface area contributed by atoms with E-state index in [0.717, 1.165) is 15.8 Å². The molecular formula is C15H12N2O2S. The number of carbonyl (C=O) groups excluding carboxylic acids is 1. The van der Waals surface area contributed by atoms with Crippen molar-refractivity contribution < 1.29 is 9.53 Å². The molecule has 1 atom stereocenters. The fourth-order valence-corrected chi connectivity index (χ4v) is 2.61. The van der Waals surface area contributed by atoms with Crippen LogP contribution < -0.4 is 0 Å². The van der Waals surface area contributed by atoms with E-state index in [4.69, 9.17) is 4.74 Å². The number of rotatable bonds is 3. The number of carbonyl (C=O) groups is 1. The molecule has 0 spiro atoms. The van der Waals surface area contributed by atoms with Gasteiger partial charge in [-0.05, 0) is 18.4 Å². The molecule has 3 aromatic rings. The summed E-state index contributed by atoms with van der Waals surface area (Å²) in [5, 5.41) is 4.40. The number of hydrogen-bond donors (Lipinski definition) is 0. The van der Waals surface area contributed by atoms with E-state index < -0.39 is 5.97 Å². The summed E-state index contributed by atoms with van der Waals surface area (Å²) in [7, 11) is 0. The third-order valence-corrected chi connectivity index (χ3v) is 3.89. The highest BCUT2D eigenvalue weighted by Crippen LogP contribution is 2.22. The van der Waals surface area contributed by atoms with Gasteiger partial charge >= 0.3 is 5.97 Å². The number of aromatic nitrogens is 2. The summed E-state index contributed by atoms with van der Waals surface area (Å²) in [6.45, 7) is 1.81. The molecule has 0 unspecified atom stereocenters. The smallest absolute Gasteiger partial charge is 0.358 e. The SMILES string of the molecule is C[C@H](OC(=O)c1nccc2ccccc12)c1nccs1. The average molecular weight is 284 g/mol. The van der Waals surface area contributed by atoms with Crippen molar-refractivity contribution in [2.45, 2.75) is 13.0 Å². The Bertz CT molecular complexity index is 735. The first-order chi connectivity index (χ1) is 9.75. The Morgan fingerprint density at radius 1 is 1.20 bits per heavy atom. The summed E-state index contributed by atoms with van der Waals surface area (Å²) in [6.07, 6.45) is 2.94. The molecule has 3 rings (SSSR count). The van der Waals surface area contributed by atoms with Crippen molar-refractivity contribution in [1.82, 2.24) is 9.97 Å². The maximum Gasteiger partial charge on any atom is 0.358 e. The monoisotopic (exact) mass is 284 g/mol. The van der Waals surface area contributed by atoms with E-state index in [1.54, 1.807) is 12.4 Å². The van der Waals surface area contributed by atoms with Crippen LogP contribution in [0.25, 0.3) is 10.8 Å². The Hall–Kier alpha value is -2.27. The molecule has 0 aliphatic carbocycles. The zero-order chi connectivity index (χ0) is 13.9. The van der Waals surface area contributed by atoms with Gasteiger partial charge in [0.15, 0.2) is 11.8 Å². The lowest BCUT2D eigenvalue weighted by atomic mass is 10.1. The minimum absolute atomic E-state index is 0.339. The minimum Gasteiger partial charge on any atom is -0.451 e. The second-order valence-electron chi connectivity index (χ2n) is 4.30. The van der Waals surface area contributed by atoms with Crippen molar-refractivity contribution in [2.75, 3.05) is 0 Å². The Kier molecular flexibility index (Phi) is 3.43. The molecule has 1 aromatic carbocycles. The lowest BCUT2D eigenvalue weighted by Crippen LogP contribution is -2.11. The van der Waals surface area contributed by atoms with Gasteiger partial charge in [-0.15, -0.1) is 11.3 Å². The predicted octanol–water partition coefficient (Wildman–Crippen LogP) is 3.61. The van der Waals surface area contributed by atoms with Crippen LogP contribution in [-0.4, -0.2) is 15.9 Å². The van der Waals surface area contributed by atoms with Crippen molar-refractivity contribution >= 4 is 28.1 Å². The molecular weight excluding hydrogens is 272 g/mol. The van der Waals surface area contributed by atoms with Crippen LogP contribution >= 0.6 is 11.3 Å². The lowest BCUT2D eigenvalue weighted by Gasteiger charge is -2.11. The average Bonchev–Trinajstić information content (AvgIpc) is 3.01. The Morgan fingerprint density at radius 3 is 2.85 bits per heavy atom. The zero-order valence-electron chi connectivity index (χ0n) is 10.8. The van der Waals surface area contributed by atoms with E-state index in [0.29, 0.717) is 5.69 Å². The van der Waals surface area contributed by atoms with E-state index >= 15 is 0 Å². The summed E-state index contributed by atoms with van der Waals surface area (Å²) < 4.78 is 5.44. The van der Waals surface area contributed by atoms with Crippen LogP contribution in [0.1, 0.15) is 28.5 Å². The van der Waals surface area contributed by atoms with E-state index in [-0.39, 0.29) is 6.10 Å². The molecule has 0 aliphatic rings. The van der Waals surface area contributed by atoms with Crippen LogP contribution in [0.3, 0.4) is 0 Å². The second kappa shape index (κ2) is 5.38. The van der Waals surface area contributed by atoms with Crippen LogP contribution in [0.15, 0.2) is 48.1 Å². The van der Waals surface area contributed by atoms with Gasteiger partial charge in [-0.2, -0.15) is 0 Å². The van der Waals surface area contributed by atoms with Crippen molar-refractivity contribution in [3.63, 3.8) is 0 Å². The van der Waals surface area contributed by atoms with Gasteiger partial charge < -0.3 is 4.74 Å². The third kappa shape index (κ3) is 2.40. The molecule has 2 heterocycles. The number of nitrogens with zero attached hydrogens (tertiary/aromatic N) is 2. The number of fused-ring (bicyclic) bond motifs is 1. The highest BCUT2D eigenvalue weighted by molar-refractivity contribution is 7.09. The van der Waals surface area contributed by atoms with E-state index in [9.17, 15) is 4.79 Å². The molecule has 5 heteroatoms. The molecule has 20 heavy (non-hydrogen) atoms. The van der Waals surface area contributed by atoms with Crippen molar-refractivity contribution in [2.24, 2.45) is 0 Å².